The van der Waals surface area contributed by atoms with Crippen molar-refractivity contribution in [2.75, 3.05) is 13.7 Å². The first-order chi connectivity index (χ1) is 9.95. The molecular formula is C16H25N3O2. The molecule has 1 unspecified atom stereocenters. The van der Waals surface area contributed by atoms with Crippen LogP contribution in [0.25, 0.3) is 10.9 Å². The quantitative estimate of drug-likeness (QED) is 0.859. The number of aromatic nitrogens is 2. The summed E-state index contributed by atoms with van der Waals surface area (Å²) >= 11 is 0. The normalized spacial score (nSPS) is 13.6. The lowest BCUT2D eigenvalue weighted by Gasteiger charge is -2.32. The van der Waals surface area contributed by atoms with E-state index < -0.39 is 6.10 Å². The van der Waals surface area contributed by atoms with Crippen molar-refractivity contribution in [3.8, 4) is 5.88 Å². The van der Waals surface area contributed by atoms with E-state index in [1.54, 1.807) is 13.3 Å². The first-order valence-corrected chi connectivity index (χ1v) is 7.39. The summed E-state index contributed by atoms with van der Waals surface area (Å²) in [7, 11) is 1.60. The molecule has 21 heavy (non-hydrogen) atoms. The average molecular weight is 291 g/mol. The summed E-state index contributed by atoms with van der Waals surface area (Å²) in [5, 5.41) is 11.5. The molecule has 116 valence electrons. The van der Waals surface area contributed by atoms with Gasteiger partial charge in [0.15, 0.2) is 0 Å². The summed E-state index contributed by atoms with van der Waals surface area (Å²) in [5.74, 6) is 0.545. The second-order valence-corrected chi connectivity index (χ2v) is 5.89. The van der Waals surface area contributed by atoms with E-state index in [4.69, 9.17) is 4.74 Å². The van der Waals surface area contributed by atoms with Crippen molar-refractivity contribution in [3.63, 3.8) is 0 Å². The Labute approximate surface area is 125 Å². The van der Waals surface area contributed by atoms with Crippen molar-refractivity contribution in [2.24, 2.45) is 0 Å². The van der Waals surface area contributed by atoms with Crippen LogP contribution >= 0.6 is 0 Å². The predicted octanol–water partition coefficient (Wildman–Crippen LogP) is 2.72. The molecule has 0 saturated carbocycles. The third-order valence-electron chi connectivity index (χ3n) is 3.85. The number of nitrogens with zero attached hydrogens (tertiary/aromatic N) is 2. The molecule has 2 heterocycles. The average Bonchev–Trinajstić information content (AvgIpc) is 2.87. The van der Waals surface area contributed by atoms with Gasteiger partial charge in [-0.15, -0.1) is 0 Å². The minimum absolute atomic E-state index is 0.380. The van der Waals surface area contributed by atoms with Gasteiger partial charge in [0.25, 0.3) is 0 Å². The Balaban J connectivity index is 2.33. The second-order valence-electron chi connectivity index (χ2n) is 5.89. The number of methoxy groups -OCH3 is 1. The van der Waals surface area contributed by atoms with Crippen LogP contribution in [-0.2, 0) is 0 Å². The van der Waals surface area contributed by atoms with Gasteiger partial charge in [0.2, 0.25) is 5.88 Å². The van der Waals surface area contributed by atoms with Crippen molar-refractivity contribution in [3.05, 3.63) is 24.0 Å². The standard InChI is InChI=1S/C16H25N3O2/c1-10(2)19(11(3)4)9-14(20)12-8-18-13-6-7-17-16(21-5)15(12)13/h6-8,10-11,14,18,20H,9H2,1-5H3. The van der Waals surface area contributed by atoms with Crippen LogP contribution in [0, 0.1) is 0 Å². The van der Waals surface area contributed by atoms with Crippen molar-refractivity contribution >= 4 is 10.9 Å². The van der Waals surface area contributed by atoms with Crippen molar-refractivity contribution in [2.45, 2.75) is 45.9 Å². The number of H-pyrrole nitrogens is 1. The van der Waals surface area contributed by atoms with Crippen LogP contribution in [0.4, 0.5) is 0 Å². The minimum Gasteiger partial charge on any atom is -0.480 e. The van der Waals surface area contributed by atoms with Gasteiger partial charge in [-0.2, -0.15) is 0 Å². The molecule has 0 aliphatic carbocycles. The number of rotatable bonds is 6. The first-order valence-electron chi connectivity index (χ1n) is 7.39. The summed E-state index contributed by atoms with van der Waals surface area (Å²) in [6, 6.07) is 2.64. The van der Waals surface area contributed by atoms with Gasteiger partial charge in [-0.1, -0.05) is 0 Å². The molecule has 0 fully saturated rings. The lowest BCUT2D eigenvalue weighted by atomic mass is 10.1. The monoisotopic (exact) mass is 291 g/mol. The van der Waals surface area contributed by atoms with Gasteiger partial charge in [-0.25, -0.2) is 4.98 Å². The maximum atomic E-state index is 10.7. The molecular weight excluding hydrogens is 266 g/mol. The van der Waals surface area contributed by atoms with Crippen LogP contribution < -0.4 is 4.74 Å². The molecule has 0 bridgehead atoms. The molecule has 0 radical (unpaired) electrons. The van der Waals surface area contributed by atoms with Gasteiger partial charge in [-0.3, -0.25) is 4.90 Å². The maximum Gasteiger partial charge on any atom is 0.222 e. The summed E-state index contributed by atoms with van der Waals surface area (Å²) in [5.41, 5.74) is 1.76. The van der Waals surface area contributed by atoms with E-state index in [0.717, 1.165) is 16.5 Å². The topological polar surface area (TPSA) is 61.4 Å². The molecule has 0 aliphatic rings. The van der Waals surface area contributed by atoms with E-state index in [0.29, 0.717) is 24.5 Å². The Hall–Kier alpha value is -1.59. The lowest BCUT2D eigenvalue weighted by Crippen LogP contribution is -2.39. The van der Waals surface area contributed by atoms with E-state index in [9.17, 15) is 5.11 Å². The fraction of sp³-hybridized carbons (Fsp3) is 0.562. The Morgan fingerprint density at radius 3 is 2.52 bits per heavy atom. The summed E-state index contributed by atoms with van der Waals surface area (Å²) in [6.07, 6.45) is 2.96. The fourth-order valence-electron chi connectivity index (χ4n) is 2.80. The van der Waals surface area contributed by atoms with Gasteiger partial charge in [0, 0.05) is 36.6 Å². The number of hydrogen-bond donors (Lipinski definition) is 2. The van der Waals surface area contributed by atoms with E-state index in [1.165, 1.54) is 0 Å². The number of hydrogen-bond acceptors (Lipinski definition) is 4. The van der Waals surface area contributed by atoms with E-state index in [2.05, 4.69) is 42.6 Å². The number of nitrogens with one attached hydrogen (secondary N) is 1. The smallest absolute Gasteiger partial charge is 0.222 e. The van der Waals surface area contributed by atoms with Gasteiger partial charge in [-0.05, 0) is 33.8 Å². The number of fused-ring (bicyclic) bond motifs is 1. The molecule has 2 N–H and O–H groups in total. The highest BCUT2D eigenvalue weighted by Gasteiger charge is 2.22. The number of ether oxygens (including phenoxy) is 1. The SMILES string of the molecule is COc1nccc2[nH]cc(C(O)CN(C(C)C)C(C)C)c12. The Kier molecular flexibility index (Phi) is 4.85. The summed E-state index contributed by atoms with van der Waals surface area (Å²) in [4.78, 5) is 9.67. The second kappa shape index (κ2) is 6.45. The molecule has 1 atom stereocenters. The molecule has 2 aromatic heterocycles. The zero-order valence-corrected chi connectivity index (χ0v) is 13.4. The molecule has 0 amide bonds. The molecule has 0 aliphatic heterocycles. The highest BCUT2D eigenvalue weighted by molar-refractivity contribution is 5.88. The van der Waals surface area contributed by atoms with Crippen LogP contribution in [-0.4, -0.2) is 45.7 Å². The number of aromatic amines is 1. The fourth-order valence-corrected chi connectivity index (χ4v) is 2.80. The predicted molar refractivity (Wildman–Crippen MR) is 84.6 cm³/mol. The molecule has 0 spiro atoms. The van der Waals surface area contributed by atoms with Crippen molar-refractivity contribution in [1.82, 2.24) is 14.9 Å². The molecule has 5 nitrogen and oxygen atoms in total. The van der Waals surface area contributed by atoms with Crippen LogP contribution in [0.15, 0.2) is 18.5 Å². The third-order valence-corrected chi connectivity index (χ3v) is 3.85. The van der Waals surface area contributed by atoms with E-state index >= 15 is 0 Å². The van der Waals surface area contributed by atoms with Crippen LogP contribution in [0.5, 0.6) is 5.88 Å². The zero-order valence-electron chi connectivity index (χ0n) is 13.4. The van der Waals surface area contributed by atoms with Crippen molar-refractivity contribution < 1.29 is 9.84 Å². The minimum atomic E-state index is -0.582. The highest BCUT2D eigenvalue weighted by Crippen LogP contribution is 2.31. The Bertz CT molecular complexity index is 584. The molecule has 0 saturated heterocycles. The van der Waals surface area contributed by atoms with Crippen LogP contribution in [0.3, 0.4) is 0 Å². The Morgan fingerprint density at radius 2 is 1.95 bits per heavy atom. The summed E-state index contributed by atoms with van der Waals surface area (Å²) in [6.45, 7) is 9.16. The largest absolute Gasteiger partial charge is 0.480 e. The molecule has 2 aromatic rings. The maximum absolute atomic E-state index is 10.7. The lowest BCUT2D eigenvalue weighted by molar-refractivity contribution is 0.0763. The number of aliphatic hydroxyl groups excluding tert-OH is 1. The van der Waals surface area contributed by atoms with Gasteiger partial charge in [0.05, 0.1) is 24.1 Å². The van der Waals surface area contributed by atoms with E-state index in [-0.39, 0.29) is 0 Å². The van der Waals surface area contributed by atoms with Gasteiger partial charge < -0.3 is 14.8 Å². The molecule has 5 heteroatoms. The molecule has 2 rings (SSSR count). The number of aliphatic hydroxyl groups is 1. The van der Waals surface area contributed by atoms with Crippen LogP contribution in [0.2, 0.25) is 0 Å². The van der Waals surface area contributed by atoms with E-state index in [1.807, 2.05) is 12.3 Å². The van der Waals surface area contributed by atoms with Gasteiger partial charge >= 0.3 is 0 Å². The number of pyridine rings is 1. The van der Waals surface area contributed by atoms with Crippen LogP contribution in [0.1, 0.15) is 39.4 Å². The Morgan fingerprint density at radius 1 is 1.29 bits per heavy atom. The highest BCUT2D eigenvalue weighted by atomic mass is 16.5. The van der Waals surface area contributed by atoms with Gasteiger partial charge in [0.1, 0.15) is 0 Å². The first kappa shape index (κ1) is 15.8. The summed E-state index contributed by atoms with van der Waals surface area (Å²) < 4.78 is 5.32. The molecule has 0 aromatic carbocycles. The third kappa shape index (κ3) is 3.19. The van der Waals surface area contributed by atoms with Crippen molar-refractivity contribution in [1.29, 1.82) is 0 Å². The zero-order chi connectivity index (χ0) is 15.6.